The molecule has 1 amide bonds. The molecule has 0 spiro atoms. The fraction of sp³-hybridized carbons (Fsp3) is 0.200. The number of hydrogen-bond acceptors (Lipinski definition) is 6. The number of aryl methyl sites for hydroxylation is 2. The van der Waals surface area contributed by atoms with Gasteiger partial charge in [-0.2, -0.15) is 5.10 Å². The minimum absolute atomic E-state index is 0.0392. The zero-order valence-corrected chi connectivity index (χ0v) is 16.0. The van der Waals surface area contributed by atoms with Crippen molar-refractivity contribution in [3.63, 3.8) is 0 Å². The zero-order valence-electron chi connectivity index (χ0n) is 12.9. The van der Waals surface area contributed by atoms with Gasteiger partial charge in [0.05, 0.1) is 21.5 Å². The normalized spacial score (nSPS) is 11.0. The van der Waals surface area contributed by atoms with Crippen LogP contribution in [0.2, 0.25) is 5.02 Å². The van der Waals surface area contributed by atoms with Crippen LogP contribution in [0.1, 0.15) is 17.0 Å². The van der Waals surface area contributed by atoms with Crippen LogP contribution in [0.25, 0.3) is 0 Å². The van der Waals surface area contributed by atoms with E-state index >= 15 is 0 Å². The summed E-state index contributed by atoms with van der Waals surface area (Å²) in [5.74, 6) is -0.161. The summed E-state index contributed by atoms with van der Waals surface area (Å²) in [6.07, 6.45) is 1.44. The minimum atomic E-state index is -0.275. The molecule has 0 aliphatic heterocycles. The van der Waals surface area contributed by atoms with Crippen molar-refractivity contribution in [2.24, 2.45) is 5.10 Å². The van der Waals surface area contributed by atoms with Gasteiger partial charge in [-0.15, -0.1) is 0 Å². The van der Waals surface area contributed by atoms with Crippen molar-refractivity contribution in [2.45, 2.75) is 19.0 Å². The van der Waals surface area contributed by atoms with Gasteiger partial charge >= 0.3 is 0 Å². The molecule has 9 heteroatoms. The summed E-state index contributed by atoms with van der Waals surface area (Å²) in [4.78, 5) is 20.3. The van der Waals surface area contributed by atoms with Crippen molar-refractivity contribution in [1.29, 1.82) is 0 Å². The zero-order chi connectivity index (χ0) is 17.7. The van der Waals surface area contributed by atoms with E-state index < -0.39 is 0 Å². The van der Waals surface area contributed by atoms with E-state index in [2.05, 4.69) is 36.4 Å². The quantitative estimate of drug-likeness (QED) is 0.329. The van der Waals surface area contributed by atoms with Crippen LogP contribution in [0.3, 0.4) is 0 Å². The molecule has 0 aliphatic rings. The van der Waals surface area contributed by atoms with Gasteiger partial charge in [0.2, 0.25) is 0 Å². The van der Waals surface area contributed by atoms with Crippen LogP contribution in [0, 0.1) is 13.8 Å². The number of nitrogens with zero attached hydrogens (tertiary/aromatic N) is 3. The molecule has 2 N–H and O–H groups in total. The highest BCUT2D eigenvalue weighted by molar-refractivity contribution is 9.10. The number of nitrogens with one attached hydrogen (secondary N) is 1. The minimum Gasteiger partial charge on any atom is -0.505 e. The molecule has 2 aromatic rings. The third kappa shape index (κ3) is 5.47. The predicted octanol–water partition coefficient (Wildman–Crippen LogP) is 3.46. The Bertz CT molecular complexity index is 758. The Morgan fingerprint density at radius 2 is 2.04 bits per heavy atom. The molecule has 24 heavy (non-hydrogen) atoms. The molecule has 0 unspecified atom stereocenters. The summed E-state index contributed by atoms with van der Waals surface area (Å²) in [5, 5.41) is 14.2. The molecule has 0 radical (unpaired) electrons. The molecule has 0 saturated heterocycles. The van der Waals surface area contributed by atoms with Gasteiger partial charge in [-0.25, -0.2) is 15.4 Å². The molecule has 0 fully saturated rings. The summed E-state index contributed by atoms with van der Waals surface area (Å²) in [6.45, 7) is 3.76. The summed E-state index contributed by atoms with van der Waals surface area (Å²) >= 11 is 10.3. The van der Waals surface area contributed by atoms with Crippen molar-refractivity contribution < 1.29 is 9.90 Å². The van der Waals surface area contributed by atoms with Crippen molar-refractivity contribution in [3.05, 3.63) is 44.6 Å². The van der Waals surface area contributed by atoms with Crippen molar-refractivity contribution in [3.8, 4) is 5.75 Å². The van der Waals surface area contributed by atoms with E-state index in [-0.39, 0.29) is 22.4 Å². The van der Waals surface area contributed by atoms with Gasteiger partial charge in [-0.1, -0.05) is 23.4 Å². The number of amides is 1. The first-order chi connectivity index (χ1) is 11.3. The summed E-state index contributed by atoms with van der Waals surface area (Å²) in [6, 6.07) is 5.04. The Hall–Kier alpha value is -1.64. The van der Waals surface area contributed by atoms with E-state index in [1.165, 1.54) is 24.0 Å². The number of phenols is 1. The highest BCUT2D eigenvalue weighted by Gasteiger charge is 2.06. The second-order valence-corrected chi connectivity index (χ2v) is 7.05. The smallest absolute Gasteiger partial charge is 0.250 e. The summed E-state index contributed by atoms with van der Waals surface area (Å²) in [7, 11) is 0. The number of benzene rings is 1. The largest absolute Gasteiger partial charge is 0.505 e. The van der Waals surface area contributed by atoms with Crippen LogP contribution in [-0.4, -0.2) is 32.9 Å². The molecule has 1 aromatic carbocycles. The fourth-order valence-corrected chi connectivity index (χ4v) is 3.32. The van der Waals surface area contributed by atoms with Crippen LogP contribution >= 0.6 is 39.3 Å². The second kappa shape index (κ2) is 8.46. The SMILES string of the molecule is Cc1cc(C)nc(SCC(=O)N/N=C\c2cc(Cl)c(O)c(Br)c2)n1. The Labute approximate surface area is 156 Å². The molecule has 0 atom stereocenters. The van der Waals surface area contributed by atoms with E-state index in [0.29, 0.717) is 15.2 Å². The molecular weight excluding hydrogens is 416 g/mol. The van der Waals surface area contributed by atoms with Crippen molar-refractivity contribution >= 4 is 51.4 Å². The second-order valence-electron chi connectivity index (χ2n) is 4.85. The van der Waals surface area contributed by atoms with Gasteiger partial charge in [-0.3, -0.25) is 4.79 Å². The van der Waals surface area contributed by atoms with Crippen molar-refractivity contribution in [2.75, 3.05) is 5.75 Å². The molecule has 2 rings (SSSR count). The monoisotopic (exact) mass is 428 g/mol. The average molecular weight is 430 g/mol. The number of hydrazone groups is 1. The molecule has 1 heterocycles. The lowest BCUT2D eigenvalue weighted by molar-refractivity contribution is -0.118. The number of hydrogen-bond donors (Lipinski definition) is 2. The topological polar surface area (TPSA) is 87.5 Å². The first-order valence-electron chi connectivity index (χ1n) is 6.80. The van der Waals surface area contributed by atoms with Crippen LogP contribution < -0.4 is 5.43 Å². The Morgan fingerprint density at radius 1 is 1.38 bits per heavy atom. The number of phenolic OH excluding ortho intramolecular Hbond substituents is 1. The number of aromatic nitrogens is 2. The third-order valence-corrected chi connectivity index (χ3v) is 4.48. The number of thioether (sulfide) groups is 1. The van der Waals surface area contributed by atoms with Crippen molar-refractivity contribution in [1.82, 2.24) is 15.4 Å². The van der Waals surface area contributed by atoms with Gasteiger partial charge in [-0.05, 0) is 53.5 Å². The number of rotatable bonds is 5. The third-order valence-electron chi connectivity index (χ3n) is 2.74. The lowest BCUT2D eigenvalue weighted by Gasteiger charge is -2.03. The molecule has 0 bridgehead atoms. The first-order valence-corrected chi connectivity index (χ1v) is 8.96. The summed E-state index contributed by atoms with van der Waals surface area (Å²) < 4.78 is 0.449. The lowest BCUT2D eigenvalue weighted by Crippen LogP contribution is -2.19. The Balaban J connectivity index is 1.89. The number of halogens is 2. The van der Waals surface area contributed by atoms with Gasteiger partial charge in [0, 0.05) is 11.4 Å². The van der Waals surface area contributed by atoms with Crippen LogP contribution in [-0.2, 0) is 4.79 Å². The number of aromatic hydroxyl groups is 1. The Kier molecular flexibility index (Phi) is 6.59. The van der Waals surface area contributed by atoms with Crippen LogP contribution in [0.5, 0.6) is 5.75 Å². The molecule has 0 saturated carbocycles. The van der Waals surface area contributed by atoms with E-state index in [9.17, 15) is 9.90 Å². The highest BCUT2D eigenvalue weighted by atomic mass is 79.9. The van der Waals surface area contributed by atoms with Gasteiger partial charge in [0.1, 0.15) is 5.75 Å². The maximum Gasteiger partial charge on any atom is 0.250 e. The average Bonchev–Trinajstić information content (AvgIpc) is 2.49. The highest BCUT2D eigenvalue weighted by Crippen LogP contribution is 2.32. The van der Waals surface area contributed by atoms with E-state index in [4.69, 9.17) is 11.6 Å². The fourth-order valence-electron chi connectivity index (χ4n) is 1.76. The lowest BCUT2D eigenvalue weighted by atomic mass is 10.2. The van der Waals surface area contributed by atoms with Crippen LogP contribution in [0.15, 0.2) is 32.9 Å². The molecule has 0 aliphatic carbocycles. The predicted molar refractivity (Wildman–Crippen MR) is 98.8 cm³/mol. The summed E-state index contributed by atoms with van der Waals surface area (Å²) in [5.41, 5.74) is 4.77. The van der Waals surface area contributed by atoms with Gasteiger partial charge < -0.3 is 5.11 Å². The first kappa shape index (κ1) is 18.7. The molecular formula is C15H14BrClN4O2S. The molecule has 1 aromatic heterocycles. The maximum absolute atomic E-state index is 11.8. The number of carbonyl (C=O) groups is 1. The van der Waals surface area contributed by atoms with Gasteiger partial charge in [0.15, 0.2) is 5.16 Å². The standard InChI is InChI=1S/C15H14BrClN4O2S/c1-8-3-9(2)20-15(19-8)24-7-13(22)21-18-6-10-4-11(16)14(23)12(17)5-10/h3-6,23H,7H2,1-2H3,(H,21,22)/b18-6-. The Morgan fingerprint density at radius 3 is 2.67 bits per heavy atom. The van der Waals surface area contributed by atoms with E-state index in [1.54, 1.807) is 6.07 Å². The number of carbonyl (C=O) groups excluding carboxylic acids is 1. The van der Waals surface area contributed by atoms with Crippen LogP contribution in [0.4, 0.5) is 0 Å². The molecule has 6 nitrogen and oxygen atoms in total. The maximum atomic E-state index is 11.8. The molecule has 126 valence electrons. The van der Waals surface area contributed by atoms with E-state index in [0.717, 1.165) is 11.4 Å². The van der Waals surface area contributed by atoms with E-state index in [1.807, 2.05) is 19.9 Å². The van der Waals surface area contributed by atoms with Gasteiger partial charge in [0.25, 0.3) is 5.91 Å².